The van der Waals surface area contributed by atoms with E-state index in [4.69, 9.17) is 13.8 Å². The van der Waals surface area contributed by atoms with Crippen LogP contribution in [0.5, 0.6) is 0 Å². The van der Waals surface area contributed by atoms with Crippen LogP contribution in [-0.4, -0.2) is 4.98 Å². The normalized spacial score (nSPS) is 11.9. The molecular weight excluding hydrogens is 402 g/mol. The molecule has 6 rings (SSSR count). The van der Waals surface area contributed by atoms with Crippen LogP contribution in [0.1, 0.15) is 0 Å². The van der Waals surface area contributed by atoms with Crippen molar-refractivity contribution in [1.29, 1.82) is 0 Å². The van der Waals surface area contributed by atoms with E-state index in [2.05, 4.69) is 34.1 Å². The van der Waals surface area contributed by atoms with E-state index in [0.717, 1.165) is 53.8 Å². The monoisotopic (exact) mass is 413 g/mol. The fourth-order valence-electron chi connectivity index (χ4n) is 3.73. The molecule has 0 aliphatic carbocycles. The van der Waals surface area contributed by atoms with Gasteiger partial charge in [0.25, 0.3) is 0 Å². The molecule has 0 atom stereocenters. The molecule has 0 saturated heterocycles. The first-order valence-corrected chi connectivity index (χ1v) is 9.47. The topological polar surface area (TPSA) is 39.2 Å². The molecule has 4 aromatic carbocycles. The average molecular weight is 414 g/mol. The van der Waals surface area contributed by atoms with Crippen molar-refractivity contribution < 1.29 is 8.83 Å². The zero-order valence-corrected chi connectivity index (χ0v) is 15.7. The minimum atomic E-state index is 0.619. The highest BCUT2D eigenvalue weighted by Gasteiger charge is 2.18. The van der Waals surface area contributed by atoms with E-state index in [1.807, 2.05) is 54.6 Å². The Bertz CT molecular complexity index is 1480. The van der Waals surface area contributed by atoms with Crippen LogP contribution in [-0.2, 0) is 0 Å². The van der Waals surface area contributed by atoms with E-state index >= 15 is 0 Å². The van der Waals surface area contributed by atoms with Gasteiger partial charge in [-0.1, -0.05) is 46.3 Å². The van der Waals surface area contributed by atoms with Gasteiger partial charge in [-0.15, -0.1) is 0 Å². The van der Waals surface area contributed by atoms with Crippen LogP contribution < -0.4 is 0 Å². The van der Waals surface area contributed by atoms with Gasteiger partial charge in [0.05, 0.1) is 5.39 Å². The van der Waals surface area contributed by atoms with Crippen LogP contribution in [0.15, 0.2) is 86.1 Å². The van der Waals surface area contributed by atoms with Crippen LogP contribution in [0, 0.1) is 0 Å². The second kappa shape index (κ2) is 5.44. The number of fused-ring (bicyclic) bond motifs is 7. The maximum atomic E-state index is 6.23. The maximum absolute atomic E-state index is 6.23. The third kappa shape index (κ3) is 2.17. The quantitative estimate of drug-likeness (QED) is 0.283. The number of hydrogen-bond donors (Lipinski definition) is 0. The summed E-state index contributed by atoms with van der Waals surface area (Å²) >= 11 is 3.59. The molecule has 0 fully saturated rings. The summed E-state index contributed by atoms with van der Waals surface area (Å²) in [7, 11) is 0. The van der Waals surface area contributed by atoms with E-state index in [9.17, 15) is 0 Å². The smallest absolute Gasteiger partial charge is 0.227 e. The second-order valence-corrected chi connectivity index (χ2v) is 7.49. The first kappa shape index (κ1) is 15.0. The molecular formula is C23H12BrNO2. The highest BCUT2D eigenvalue weighted by molar-refractivity contribution is 9.10. The van der Waals surface area contributed by atoms with Crippen molar-refractivity contribution in [1.82, 2.24) is 4.98 Å². The summed E-state index contributed by atoms with van der Waals surface area (Å²) in [6.07, 6.45) is 0. The number of furan rings is 1. The molecule has 6 aromatic rings. The van der Waals surface area contributed by atoms with Crippen molar-refractivity contribution in [3.8, 4) is 11.5 Å². The van der Waals surface area contributed by atoms with Gasteiger partial charge in [-0.05, 0) is 53.2 Å². The Morgan fingerprint density at radius 2 is 1.52 bits per heavy atom. The lowest BCUT2D eigenvalue weighted by atomic mass is 10.0. The summed E-state index contributed by atoms with van der Waals surface area (Å²) in [4.78, 5) is 4.70. The SMILES string of the molecule is Brc1ccc2ccc3oc4ccc5nc(-c6ccccc6)oc5c4c3c2c1. The van der Waals surface area contributed by atoms with Gasteiger partial charge < -0.3 is 8.83 Å². The van der Waals surface area contributed by atoms with Gasteiger partial charge >= 0.3 is 0 Å². The van der Waals surface area contributed by atoms with Gasteiger partial charge in [-0.25, -0.2) is 4.98 Å². The first-order valence-electron chi connectivity index (χ1n) is 8.67. The zero-order chi connectivity index (χ0) is 18.0. The number of halogens is 1. The molecule has 0 spiro atoms. The number of rotatable bonds is 1. The van der Waals surface area contributed by atoms with E-state index < -0.39 is 0 Å². The van der Waals surface area contributed by atoms with E-state index in [-0.39, 0.29) is 0 Å². The molecule has 0 radical (unpaired) electrons. The Kier molecular flexibility index (Phi) is 3.02. The van der Waals surface area contributed by atoms with Gasteiger partial charge in [-0.2, -0.15) is 0 Å². The van der Waals surface area contributed by atoms with Crippen molar-refractivity contribution >= 4 is 59.7 Å². The van der Waals surface area contributed by atoms with Crippen LogP contribution >= 0.6 is 15.9 Å². The summed E-state index contributed by atoms with van der Waals surface area (Å²) in [5, 5.41) is 4.32. The molecule has 0 unspecified atom stereocenters. The molecule has 27 heavy (non-hydrogen) atoms. The first-order chi connectivity index (χ1) is 13.3. The molecule has 0 bridgehead atoms. The number of oxazole rings is 1. The molecule has 2 heterocycles. The highest BCUT2D eigenvalue weighted by Crippen LogP contribution is 2.40. The summed E-state index contributed by atoms with van der Waals surface area (Å²) in [5.74, 6) is 0.619. The molecule has 4 heteroatoms. The Morgan fingerprint density at radius 1 is 0.741 bits per heavy atom. The minimum Gasteiger partial charge on any atom is -0.456 e. The van der Waals surface area contributed by atoms with Crippen molar-refractivity contribution in [3.05, 3.63) is 77.3 Å². The third-order valence-corrected chi connectivity index (χ3v) is 5.45. The Morgan fingerprint density at radius 3 is 2.41 bits per heavy atom. The Balaban J connectivity index is 1.79. The molecule has 0 saturated carbocycles. The van der Waals surface area contributed by atoms with Crippen LogP contribution in [0.3, 0.4) is 0 Å². The molecule has 0 N–H and O–H groups in total. The molecule has 0 aliphatic heterocycles. The third-order valence-electron chi connectivity index (χ3n) is 4.96. The van der Waals surface area contributed by atoms with E-state index in [1.165, 1.54) is 0 Å². The number of benzene rings is 4. The van der Waals surface area contributed by atoms with Crippen molar-refractivity contribution in [2.45, 2.75) is 0 Å². The number of nitrogens with zero attached hydrogens (tertiary/aromatic N) is 1. The minimum absolute atomic E-state index is 0.619. The zero-order valence-electron chi connectivity index (χ0n) is 14.1. The van der Waals surface area contributed by atoms with Gasteiger partial charge in [0.15, 0.2) is 5.58 Å². The summed E-state index contributed by atoms with van der Waals surface area (Å²) in [6.45, 7) is 0. The van der Waals surface area contributed by atoms with Crippen molar-refractivity contribution in [2.75, 3.05) is 0 Å². The second-order valence-electron chi connectivity index (χ2n) is 6.58. The van der Waals surface area contributed by atoms with Crippen molar-refractivity contribution in [3.63, 3.8) is 0 Å². The lowest BCUT2D eigenvalue weighted by molar-refractivity contribution is 0.622. The maximum Gasteiger partial charge on any atom is 0.227 e. The lowest BCUT2D eigenvalue weighted by Gasteiger charge is -2.00. The largest absolute Gasteiger partial charge is 0.456 e. The van der Waals surface area contributed by atoms with Crippen LogP contribution in [0.4, 0.5) is 0 Å². The standard InChI is InChI=1S/C23H12BrNO2/c24-15-8-6-13-7-10-18-20(16(13)12-15)21-19(26-18)11-9-17-22(21)27-23(25-17)14-4-2-1-3-5-14/h1-12H. The molecule has 3 nitrogen and oxygen atoms in total. The van der Waals surface area contributed by atoms with Gasteiger partial charge in [0.2, 0.25) is 5.89 Å². The summed E-state index contributed by atoms with van der Waals surface area (Å²) < 4.78 is 13.4. The van der Waals surface area contributed by atoms with E-state index in [1.54, 1.807) is 0 Å². The number of hydrogen-bond acceptors (Lipinski definition) is 3. The molecule has 128 valence electrons. The Hall–Kier alpha value is -3.11. The van der Waals surface area contributed by atoms with Crippen molar-refractivity contribution in [2.24, 2.45) is 0 Å². The fraction of sp³-hybridized carbons (Fsp3) is 0. The predicted molar refractivity (Wildman–Crippen MR) is 112 cm³/mol. The molecule has 0 amide bonds. The van der Waals surface area contributed by atoms with Gasteiger partial charge in [0, 0.05) is 15.4 Å². The number of aromatic nitrogens is 1. The fourth-order valence-corrected chi connectivity index (χ4v) is 4.09. The predicted octanol–water partition coefficient (Wildman–Crippen LogP) is 7.31. The lowest BCUT2D eigenvalue weighted by Crippen LogP contribution is -1.76. The molecule has 2 aromatic heterocycles. The molecule has 0 aliphatic rings. The highest BCUT2D eigenvalue weighted by atomic mass is 79.9. The summed E-state index contributed by atoms with van der Waals surface area (Å²) in [5.41, 5.74) is 4.21. The van der Waals surface area contributed by atoms with Gasteiger partial charge in [0.1, 0.15) is 16.7 Å². The summed E-state index contributed by atoms with van der Waals surface area (Å²) in [6, 6.07) is 24.3. The van der Waals surface area contributed by atoms with Gasteiger partial charge in [-0.3, -0.25) is 0 Å². The van der Waals surface area contributed by atoms with Crippen LogP contribution in [0.2, 0.25) is 0 Å². The van der Waals surface area contributed by atoms with E-state index in [0.29, 0.717) is 5.89 Å². The Labute approximate surface area is 162 Å². The van der Waals surface area contributed by atoms with Crippen LogP contribution in [0.25, 0.3) is 55.3 Å². The average Bonchev–Trinajstić information content (AvgIpc) is 3.29.